The van der Waals surface area contributed by atoms with Crippen LogP contribution in [-0.2, 0) is 4.79 Å². The molecule has 0 radical (unpaired) electrons. The number of carbonyl (C=O) groups is 2. The zero-order valence-electron chi connectivity index (χ0n) is 15.3. The van der Waals surface area contributed by atoms with Crippen molar-refractivity contribution in [2.24, 2.45) is 0 Å². The predicted molar refractivity (Wildman–Crippen MR) is 104 cm³/mol. The molecule has 0 saturated carbocycles. The average Bonchev–Trinajstić information content (AvgIpc) is 3.16. The molecule has 1 atom stereocenters. The van der Waals surface area contributed by atoms with Gasteiger partial charge in [0, 0.05) is 43.7 Å². The minimum absolute atomic E-state index is 0.156. The predicted octanol–water partition coefficient (Wildman–Crippen LogP) is 3.78. The quantitative estimate of drug-likeness (QED) is 0.714. The van der Waals surface area contributed by atoms with Crippen molar-refractivity contribution in [2.75, 3.05) is 24.5 Å². The zero-order chi connectivity index (χ0) is 18.4. The first kappa shape index (κ1) is 18.3. The molecule has 1 aliphatic rings. The van der Waals surface area contributed by atoms with Gasteiger partial charge in [0.2, 0.25) is 5.91 Å². The van der Waals surface area contributed by atoms with Crippen LogP contribution in [0.3, 0.4) is 0 Å². The number of Topliss-reactive ketones (excluding diaryl/α,β-unsaturated/α-hetero) is 1. The van der Waals surface area contributed by atoms with Gasteiger partial charge in [0.05, 0.1) is 6.04 Å². The van der Waals surface area contributed by atoms with E-state index in [1.54, 1.807) is 0 Å². The molecule has 0 spiro atoms. The standard InChI is InChI=1S/C22H26N2O2/c1-2-22(26)24(19-11-7-4-8-12-19)20-13-15-23(17-20)16-14-21(25)18-9-5-3-6-10-18/h3-12,20H,2,13-17H2,1H3. The number of amides is 1. The highest BCUT2D eigenvalue weighted by molar-refractivity contribution is 5.96. The fourth-order valence-corrected chi connectivity index (χ4v) is 3.57. The Morgan fingerprint density at radius 1 is 1.04 bits per heavy atom. The number of nitrogens with zero attached hydrogens (tertiary/aromatic N) is 2. The summed E-state index contributed by atoms with van der Waals surface area (Å²) in [6.07, 6.45) is 1.96. The van der Waals surface area contributed by atoms with Crippen molar-refractivity contribution in [3.05, 3.63) is 66.2 Å². The summed E-state index contributed by atoms with van der Waals surface area (Å²) in [6.45, 7) is 4.40. The Hall–Kier alpha value is -2.46. The topological polar surface area (TPSA) is 40.6 Å². The molecule has 1 aliphatic heterocycles. The summed E-state index contributed by atoms with van der Waals surface area (Å²) < 4.78 is 0. The van der Waals surface area contributed by atoms with Crippen LogP contribution in [0.2, 0.25) is 0 Å². The molecule has 3 rings (SSSR count). The number of para-hydroxylation sites is 1. The second kappa shape index (κ2) is 8.77. The van der Waals surface area contributed by atoms with Crippen LogP contribution in [0.1, 0.15) is 36.5 Å². The lowest BCUT2D eigenvalue weighted by Gasteiger charge is -2.29. The summed E-state index contributed by atoms with van der Waals surface area (Å²) in [6, 6.07) is 19.5. The molecular weight excluding hydrogens is 324 g/mol. The summed E-state index contributed by atoms with van der Waals surface area (Å²) in [5.41, 5.74) is 1.74. The molecule has 1 amide bonds. The first-order valence-corrected chi connectivity index (χ1v) is 9.36. The van der Waals surface area contributed by atoms with Crippen molar-refractivity contribution in [2.45, 2.75) is 32.2 Å². The molecule has 1 fully saturated rings. The molecule has 0 bridgehead atoms. The van der Waals surface area contributed by atoms with Crippen molar-refractivity contribution in [3.63, 3.8) is 0 Å². The highest BCUT2D eigenvalue weighted by atomic mass is 16.2. The van der Waals surface area contributed by atoms with Gasteiger partial charge in [-0.15, -0.1) is 0 Å². The summed E-state index contributed by atoms with van der Waals surface area (Å²) >= 11 is 0. The number of benzene rings is 2. The Bertz CT molecular complexity index is 730. The van der Waals surface area contributed by atoms with Gasteiger partial charge in [-0.25, -0.2) is 0 Å². The molecule has 4 nitrogen and oxygen atoms in total. The SMILES string of the molecule is CCC(=O)N(c1ccccc1)C1CCN(CCC(=O)c2ccccc2)C1. The van der Waals surface area contributed by atoms with Gasteiger partial charge >= 0.3 is 0 Å². The van der Waals surface area contributed by atoms with Gasteiger partial charge < -0.3 is 9.80 Å². The average molecular weight is 350 g/mol. The number of hydrogen-bond donors (Lipinski definition) is 0. The molecular formula is C22H26N2O2. The number of carbonyl (C=O) groups excluding carboxylic acids is 2. The summed E-state index contributed by atoms with van der Waals surface area (Å²) in [5.74, 6) is 0.335. The Kier molecular flexibility index (Phi) is 6.18. The third-order valence-corrected chi connectivity index (χ3v) is 4.97. The van der Waals surface area contributed by atoms with Gasteiger partial charge in [-0.1, -0.05) is 55.5 Å². The maximum atomic E-state index is 12.5. The molecule has 4 heteroatoms. The molecule has 1 unspecified atom stereocenters. The molecule has 0 aliphatic carbocycles. The normalized spacial score (nSPS) is 17.2. The number of anilines is 1. The zero-order valence-corrected chi connectivity index (χ0v) is 15.3. The molecule has 1 heterocycles. The van der Waals surface area contributed by atoms with Crippen LogP contribution >= 0.6 is 0 Å². The summed E-state index contributed by atoms with van der Waals surface area (Å²) in [5, 5.41) is 0. The van der Waals surface area contributed by atoms with E-state index in [4.69, 9.17) is 0 Å². The third-order valence-electron chi connectivity index (χ3n) is 4.97. The van der Waals surface area contributed by atoms with Crippen LogP contribution in [0.15, 0.2) is 60.7 Å². The van der Waals surface area contributed by atoms with E-state index in [-0.39, 0.29) is 17.7 Å². The fraction of sp³-hybridized carbons (Fsp3) is 0.364. The summed E-state index contributed by atoms with van der Waals surface area (Å²) in [4.78, 5) is 29.1. The maximum Gasteiger partial charge on any atom is 0.227 e. The van der Waals surface area contributed by atoms with E-state index in [0.717, 1.165) is 37.3 Å². The largest absolute Gasteiger partial charge is 0.308 e. The van der Waals surface area contributed by atoms with Crippen molar-refractivity contribution < 1.29 is 9.59 Å². The lowest BCUT2D eigenvalue weighted by Crippen LogP contribution is -2.42. The Morgan fingerprint density at radius 2 is 1.69 bits per heavy atom. The van der Waals surface area contributed by atoms with Crippen molar-refractivity contribution in [3.8, 4) is 0 Å². The van der Waals surface area contributed by atoms with Crippen LogP contribution in [-0.4, -0.2) is 42.3 Å². The van der Waals surface area contributed by atoms with Gasteiger partial charge in [-0.05, 0) is 18.6 Å². The Balaban J connectivity index is 1.60. The molecule has 2 aromatic carbocycles. The van der Waals surface area contributed by atoms with Gasteiger partial charge in [0.25, 0.3) is 0 Å². The lowest BCUT2D eigenvalue weighted by atomic mass is 10.1. The minimum Gasteiger partial charge on any atom is -0.308 e. The van der Waals surface area contributed by atoms with Crippen LogP contribution in [0.25, 0.3) is 0 Å². The van der Waals surface area contributed by atoms with E-state index in [0.29, 0.717) is 12.8 Å². The van der Waals surface area contributed by atoms with E-state index in [1.165, 1.54) is 0 Å². The third kappa shape index (κ3) is 4.38. The monoisotopic (exact) mass is 350 g/mol. The van der Waals surface area contributed by atoms with Crippen LogP contribution in [0.4, 0.5) is 5.69 Å². The highest BCUT2D eigenvalue weighted by Gasteiger charge is 2.31. The number of ketones is 1. The van der Waals surface area contributed by atoms with Gasteiger partial charge in [-0.3, -0.25) is 9.59 Å². The van der Waals surface area contributed by atoms with E-state index in [9.17, 15) is 9.59 Å². The maximum absolute atomic E-state index is 12.5. The molecule has 2 aromatic rings. The number of hydrogen-bond acceptors (Lipinski definition) is 3. The van der Waals surface area contributed by atoms with Crippen molar-refractivity contribution >= 4 is 17.4 Å². The lowest BCUT2D eigenvalue weighted by molar-refractivity contribution is -0.118. The molecule has 136 valence electrons. The van der Waals surface area contributed by atoms with Crippen LogP contribution in [0, 0.1) is 0 Å². The highest BCUT2D eigenvalue weighted by Crippen LogP contribution is 2.24. The van der Waals surface area contributed by atoms with E-state index in [2.05, 4.69) is 4.90 Å². The first-order chi connectivity index (χ1) is 12.7. The Morgan fingerprint density at radius 3 is 2.35 bits per heavy atom. The van der Waals surface area contributed by atoms with Gasteiger partial charge in [0.15, 0.2) is 5.78 Å². The van der Waals surface area contributed by atoms with E-state index >= 15 is 0 Å². The number of likely N-dealkylation sites (tertiary alicyclic amines) is 1. The Labute approximate surface area is 155 Å². The second-order valence-corrected chi connectivity index (χ2v) is 6.74. The fourth-order valence-electron chi connectivity index (χ4n) is 3.57. The molecule has 26 heavy (non-hydrogen) atoms. The molecule has 0 N–H and O–H groups in total. The first-order valence-electron chi connectivity index (χ1n) is 9.36. The van der Waals surface area contributed by atoms with Crippen LogP contribution < -0.4 is 4.90 Å². The van der Waals surface area contributed by atoms with E-state index < -0.39 is 0 Å². The van der Waals surface area contributed by atoms with Crippen molar-refractivity contribution in [1.29, 1.82) is 0 Å². The summed E-state index contributed by atoms with van der Waals surface area (Å²) in [7, 11) is 0. The smallest absolute Gasteiger partial charge is 0.227 e. The molecule has 1 saturated heterocycles. The van der Waals surface area contributed by atoms with Crippen molar-refractivity contribution in [1.82, 2.24) is 4.90 Å². The number of rotatable bonds is 7. The second-order valence-electron chi connectivity index (χ2n) is 6.74. The van der Waals surface area contributed by atoms with Gasteiger partial charge in [0.1, 0.15) is 0 Å². The molecule has 0 aromatic heterocycles. The van der Waals surface area contributed by atoms with Crippen LogP contribution in [0.5, 0.6) is 0 Å². The van der Waals surface area contributed by atoms with Gasteiger partial charge in [-0.2, -0.15) is 0 Å². The van der Waals surface area contributed by atoms with E-state index in [1.807, 2.05) is 72.5 Å². The minimum atomic E-state index is 0.156.